The third-order valence-corrected chi connectivity index (χ3v) is 15.5. The molecule has 0 radical (unpaired) electrons. The highest BCUT2D eigenvalue weighted by Gasteiger charge is 2.65. The summed E-state index contributed by atoms with van der Waals surface area (Å²) in [6.45, 7) is 19.0. The van der Waals surface area contributed by atoms with Crippen LogP contribution in [0.4, 0.5) is 0 Å². The van der Waals surface area contributed by atoms with Gasteiger partial charge in [-0.15, -0.1) is 6.42 Å². The number of allylic oxidation sites excluding steroid dienone is 1. The van der Waals surface area contributed by atoms with Crippen LogP contribution >= 0.6 is 0 Å². The number of fused-ring (bicyclic) bond motifs is 5. The first kappa shape index (κ1) is 23.6. The van der Waals surface area contributed by atoms with Crippen LogP contribution in [0.25, 0.3) is 0 Å². The maximum Gasteiger partial charge on any atom is 0.192 e. The first-order valence-electron chi connectivity index (χ1n) is 12.8. The number of terminal acetylenes is 1. The van der Waals surface area contributed by atoms with Gasteiger partial charge in [0.05, 0.1) is 0 Å². The molecular weight excluding hydrogens is 396 g/mol. The summed E-state index contributed by atoms with van der Waals surface area (Å²) >= 11 is 0. The minimum absolute atomic E-state index is 0.132. The van der Waals surface area contributed by atoms with Crippen molar-refractivity contribution in [1.82, 2.24) is 0 Å². The molecule has 0 aromatic carbocycles. The average molecular weight is 443 g/mol. The summed E-state index contributed by atoms with van der Waals surface area (Å²) in [5.41, 5.74) is 0.910. The summed E-state index contributed by atoms with van der Waals surface area (Å²) in [7, 11) is -1.74. The normalized spacial score (nSPS) is 47.6. The molecule has 3 fully saturated rings. The molecule has 0 aromatic heterocycles. The first-order chi connectivity index (χ1) is 14.2. The van der Waals surface area contributed by atoms with Crippen LogP contribution in [0, 0.1) is 46.8 Å². The molecular formula is C28H46O2Si. The van der Waals surface area contributed by atoms with E-state index in [0.29, 0.717) is 29.3 Å². The van der Waals surface area contributed by atoms with Gasteiger partial charge in [0.15, 0.2) is 8.32 Å². The Hall–Kier alpha value is -0.563. The van der Waals surface area contributed by atoms with Crippen LogP contribution in [0.5, 0.6) is 0 Å². The second kappa shape index (κ2) is 7.22. The van der Waals surface area contributed by atoms with Gasteiger partial charge in [-0.2, -0.15) is 0 Å². The van der Waals surface area contributed by atoms with Crippen LogP contribution in [-0.2, 0) is 4.43 Å². The highest BCUT2D eigenvalue weighted by molar-refractivity contribution is 6.74. The van der Waals surface area contributed by atoms with E-state index in [-0.39, 0.29) is 10.5 Å². The Morgan fingerprint density at radius 3 is 2.48 bits per heavy atom. The van der Waals surface area contributed by atoms with Crippen LogP contribution < -0.4 is 0 Å². The standard InChI is InChI=1S/C28H46O2Si/c1-10-28(29)18-19(2)24-22-12-11-20-17-21(30-31(8,9)25(3,4)5)13-15-26(20,6)23(22)14-16-27(24,28)7/h1,11,19,21-24,29H,12-18H2,2-9H3/t19?,21-,22?,23?,24?,26-,27-,28?/m0/s1. The predicted molar refractivity (Wildman–Crippen MR) is 132 cm³/mol. The van der Waals surface area contributed by atoms with Gasteiger partial charge in [-0.3, -0.25) is 0 Å². The molecule has 31 heavy (non-hydrogen) atoms. The Balaban J connectivity index is 1.58. The van der Waals surface area contributed by atoms with E-state index in [2.05, 4.69) is 66.6 Å². The Morgan fingerprint density at radius 2 is 1.87 bits per heavy atom. The van der Waals surface area contributed by atoms with E-state index in [4.69, 9.17) is 10.8 Å². The maximum absolute atomic E-state index is 11.4. The summed E-state index contributed by atoms with van der Waals surface area (Å²) in [6, 6.07) is 0. The molecule has 8 atom stereocenters. The zero-order chi connectivity index (χ0) is 23.0. The largest absolute Gasteiger partial charge is 0.414 e. The van der Waals surface area contributed by atoms with Crippen LogP contribution in [0.15, 0.2) is 11.6 Å². The van der Waals surface area contributed by atoms with Crippen molar-refractivity contribution in [3.63, 3.8) is 0 Å². The Kier molecular flexibility index (Phi) is 5.49. The first-order valence-corrected chi connectivity index (χ1v) is 15.7. The van der Waals surface area contributed by atoms with Crippen LogP contribution in [0.3, 0.4) is 0 Å². The van der Waals surface area contributed by atoms with Gasteiger partial charge in [0.25, 0.3) is 0 Å². The van der Waals surface area contributed by atoms with E-state index in [9.17, 15) is 5.11 Å². The Labute approximate surface area is 192 Å². The summed E-state index contributed by atoms with van der Waals surface area (Å²) in [4.78, 5) is 0. The van der Waals surface area contributed by atoms with Crippen molar-refractivity contribution in [3.05, 3.63) is 11.6 Å². The third-order valence-electron chi connectivity index (χ3n) is 11.0. The fraction of sp³-hybridized carbons (Fsp3) is 0.857. The van der Waals surface area contributed by atoms with Gasteiger partial charge >= 0.3 is 0 Å². The monoisotopic (exact) mass is 442 g/mol. The third kappa shape index (κ3) is 3.34. The Bertz CT molecular complexity index is 801. The second-order valence-electron chi connectivity index (χ2n) is 13.6. The lowest BCUT2D eigenvalue weighted by atomic mass is 9.46. The zero-order valence-electron chi connectivity index (χ0n) is 21.3. The van der Waals surface area contributed by atoms with Crippen LogP contribution in [0.1, 0.15) is 86.5 Å². The van der Waals surface area contributed by atoms with Crippen molar-refractivity contribution in [2.75, 3.05) is 0 Å². The van der Waals surface area contributed by atoms with E-state index < -0.39 is 13.9 Å². The molecule has 0 saturated heterocycles. The van der Waals surface area contributed by atoms with Gasteiger partial charge in [0, 0.05) is 11.5 Å². The smallest absolute Gasteiger partial charge is 0.192 e. The van der Waals surface area contributed by atoms with Crippen molar-refractivity contribution >= 4 is 8.32 Å². The van der Waals surface area contributed by atoms with Crippen molar-refractivity contribution in [3.8, 4) is 12.3 Å². The minimum Gasteiger partial charge on any atom is -0.414 e. The molecule has 0 aromatic rings. The molecule has 3 saturated carbocycles. The molecule has 0 aliphatic heterocycles. The lowest BCUT2D eigenvalue weighted by molar-refractivity contribution is -0.101. The van der Waals surface area contributed by atoms with Gasteiger partial charge < -0.3 is 9.53 Å². The number of hydrogen-bond donors (Lipinski definition) is 1. The zero-order valence-corrected chi connectivity index (χ0v) is 22.3. The molecule has 4 rings (SSSR count). The summed E-state index contributed by atoms with van der Waals surface area (Å²) in [6.07, 6.45) is 16.6. The van der Waals surface area contributed by atoms with Crippen molar-refractivity contribution in [2.45, 2.75) is 116 Å². The van der Waals surface area contributed by atoms with Crippen LogP contribution in [-0.4, -0.2) is 25.1 Å². The molecule has 1 N–H and O–H groups in total. The lowest BCUT2D eigenvalue weighted by Crippen LogP contribution is -2.55. The molecule has 0 heterocycles. The van der Waals surface area contributed by atoms with Gasteiger partial charge in [0.1, 0.15) is 5.60 Å². The summed E-state index contributed by atoms with van der Waals surface area (Å²) in [5.74, 6) is 5.24. The highest BCUT2D eigenvalue weighted by Crippen LogP contribution is 2.68. The van der Waals surface area contributed by atoms with Crippen LogP contribution in [0.2, 0.25) is 18.1 Å². The molecule has 4 aliphatic carbocycles. The van der Waals surface area contributed by atoms with Gasteiger partial charge in [0.2, 0.25) is 0 Å². The lowest BCUT2D eigenvalue weighted by Gasteiger charge is -2.59. The summed E-state index contributed by atoms with van der Waals surface area (Å²) < 4.78 is 6.86. The minimum atomic E-state index is -1.74. The maximum atomic E-state index is 11.4. The number of rotatable bonds is 2. The van der Waals surface area contributed by atoms with E-state index in [1.165, 1.54) is 19.3 Å². The van der Waals surface area contributed by atoms with Crippen molar-refractivity contribution in [2.24, 2.45) is 34.5 Å². The molecule has 3 heteroatoms. The average Bonchev–Trinajstić information content (AvgIpc) is 2.87. The molecule has 0 spiro atoms. The second-order valence-corrected chi connectivity index (χ2v) is 18.3. The quantitative estimate of drug-likeness (QED) is 0.285. The predicted octanol–water partition coefficient (Wildman–Crippen LogP) is 6.95. The fourth-order valence-corrected chi connectivity index (χ4v) is 9.55. The SMILES string of the molecule is C#CC1(O)CC(C)C2C3CC=C4C[C@@H](O[Si](C)(C)C(C)(C)C)CC[C@]4(C)C3CC[C@@]21C. The van der Waals surface area contributed by atoms with E-state index >= 15 is 0 Å². The molecule has 174 valence electrons. The molecule has 5 unspecified atom stereocenters. The summed E-state index contributed by atoms with van der Waals surface area (Å²) in [5, 5.41) is 11.6. The molecule has 4 aliphatic rings. The van der Waals surface area contributed by atoms with E-state index in [1.807, 2.05) is 0 Å². The van der Waals surface area contributed by atoms with E-state index in [1.54, 1.807) is 5.57 Å². The van der Waals surface area contributed by atoms with E-state index in [0.717, 1.165) is 31.6 Å². The Morgan fingerprint density at radius 1 is 1.19 bits per heavy atom. The van der Waals surface area contributed by atoms with Gasteiger partial charge in [-0.1, -0.05) is 59.1 Å². The molecule has 2 nitrogen and oxygen atoms in total. The number of aliphatic hydroxyl groups is 1. The van der Waals surface area contributed by atoms with Gasteiger partial charge in [-0.05, 0) is 92.2 Å². The number of hydrogen-bond acceptors (Lipinski definition) is 2. The van der Waals surface area contributed by atoms with Crippen molar-refractivity contribution in [1.29, 1.82) is 0 Å². The molecule has 0 bridgehead atoms. The topological polar surface area (TPSA) is 29.5 Å². The molecule has 0 amide bonds. The highest BCUT2D eigenvalue weighted by atomic mass is 28.4. The van der Waals surface area contributed by atoms with Crippen molar-refractivity contribution < 1.29 is 9.53 Å². The van der Waals surface area contributed by atoms with Gasteiger partial charge in [-0.25, -0.2) is 0 Å². The fourth-order valence-electron chi connectivity index (χ4n) is 8.16.